The summed E-state index contributed by atoms with van der Waals surface area (Å²) in [7, 11) is 0. The van der Waals surface area contributed by atoms with E-state index in [9.17, 15) is 14.9 Å². The molecule has 0 atom stereocenters. The van der Waals surface area contributed by atoms with E-state index in [4.69, 9.17) is 0 Å². The van der Waals surface area contributed by atoms with Crippen molar-refractivity contribution in [3.8, 4) is 11.3 Å². The number of non-ortho nitro benzene ring substituents is 1. The smallest absolute Gasteiger partial charge is 0.270 e. The zero-order valence-corrected chi connectivity index (χ0v) is 18.6. The van der Waals surface area contributed by atoms with Gasteiger partial charge in [-0.15, -0.1) is 0 Å². The topological polar surface area (TPSA) is 113 Å². The molecule has 0 unspecified atom stereocenters. The van der Waals surface area contributed by atoms with Crippen LogP contribution >= 0.6 is 15.9 Å². The van der Waals surface area contributed by atoms with Gasteiger partial charge in [-0.2, -0.15) is 0 Å². The summed E-state index contributed by atoms with van der Waals surface area (Å²) in [6.45, 7) is 0. The number of nitro benzene ring substituents is 1. The SMILES string of the molecule is O=C1Nc2ccc([N+](=O)[O-])cc2C1=C(Nc1ccc(-c2c[nH]cn2)cc1)c1ccc(Br)cc1. The Hall–Kier alpha value is -4.24. The number of hydrogen-bond acceptors (Lipinski definition) is 5. The van der Waals surface area contributed by atoms with Gasteiger partial charge in [0, 0.05) is 45.3 Å². The van der Waals surface area contributed by atoms with Crippen LogP contribution in [0.15, 0.2) is 83.7 Å². The largest absolute Gasteiger partial charge is 0.354 e. The fourth-order valence-corrected chi connectivity index (χ4v) is 3.96. The second kappa shape index (κ2) is 8.36. The molecule has 0 saturated heterocycles. The standard InChI is InChI=1S/C24H16BrN5O3/c25-16-5-1-15(2-6-16)23(28-17-7-3-14(4-8-17)21-12-26-13-27-21)22-19-11-18(30(32)33)9-10-20(19)29-24(22)31/h1-13,28H,(H,26,27)(H,29,31). The number of benzene rings is 3. The first kappa shape index (κ1) is 20.7. The third-order valence-electron chi connectivity index (χ3n) is 5.29. The Bertz CT molecular complexity index is 1400. The number of anilines is 2. The molecule has 0 fully saturated rings. The van der Waals surface area contributed by atoms with Crippen molar-refractivity contribution in [2.45, 2.75) is 0 Å². The number of amides is 1. The minimum Gasteiger partial charge on any atom is -0.354 e. The fourth-order valence-electron chi connectivity index (χ4n) is 3.70. The van der Waals surface area contributed by atoms with E-state index >= 15 is 0 Å². The number of hydrogen-bond donors (Lipinski definition) is 3. The van der Waals surface area contributed by atoms with Gasteiger partial charge in [-0.1, -0.05) is 40.2 Å². The van der Waals surface area contributed by atoms with E-state index in [1.165, 1.54) is 12.1 Å². The second-order valence-corrected chi connectivity index (χ2v) is 8.27. The Kier molecular flexibility index (Phi) is 5.23. The molecule has 0 aliphatic carbocycles. The molecule has 3 aromatic carbocycles. The van der Waals surface area contributed by atoms with Gasteiger partial charge in [0.25, 0.3) is 11.6 Å². The molecule has 1 aliphatic rings. The predicted octanol–water partition coefficient (Wildman–Crippen LogP) is 5.68. The van der Waals surface area contributed by atoms with E-state index in [0.29, 0.717) is 22.5 Å². The van der Waals surface area contributed by atoms with E-state index in [-0.39, 0.29) is 11.6 Å². The second-order valence-electron chi connectivity index (χ2n) is 7.35. The lowest BCUT2D eigenvalue weighted by molar-refractivity contribution is -0.384. The molecular formula is C24H16BrN5O3. The Morgan fingerprint density at radius 2 is 1.79 bits per heavy atom. The van der Waals surface area contributed by atoms with Crippen LogP contribution in [0.4, 0.5) is 17.1 Å². The Morgan fingerprint density at radius 3 is 2.45 bits per heavy atom. The zero-order chi connectivity index (χ0) is 22.9. The number of fused-ring (bicyclic) bond motifs is 1. The van der Waals surface area contributed by atoms with Crippen molar-refractivity contribution in [3.05, 3.63) is 105 Å². The number of nitrogens with one attached hydrogen (secondary N) is 3. The van der Waals surface area contributed by atoms with Crippen molar-refractivity contribution in [2.75, 3.05) is 10.6 Å². The Morgan fingerprint density at radius 1 is 1.03 bits per heavy atom. The van der Waals surface area contributed by atoms with Gasteiger partial charge in [0.05, 0.1) is 28.2 Å². The third kappa shape index (κ3) is 4.01. The van der Waals surface area contributed by atoms with Gasteiger partial charge >= 0.3 is 0 Å². The minimum absolute atomic E-state index is 0.0822. The quantitative estimate of drug-likeness (QED) is 0.185. The summed E-state index contributed by atoms with van der Waals surface area (Å²) in [6, 6.07) is 19.5. The first-order valence-corrected chi connectivity index (χ1v) is 10.8. The van der Waals surface area contributed by atoms with Gasteiger partial charge in [-0.3, -0.25) is 14.9 Å². The first-order valence-electron chi connectivity index (χ1n) is 9.96. The number of imidazole rings is 1. The van der Waals surface area contributed by atoms with Crippen LogP contribution < -0.4 is 10.6 Å². The van der Waals surface area contributed by atoms with Crippen LogP contribution in [0.1, 0.15) is 11.1 Å². The van der Waals surface area contributed by atoms with Gasteiger partial charge in [0.2, 0.25) is 0 Å². The number of carbonyl (C=O) groups excluding carboxylic acids is 1. The van der Waals surface area contributed by atoms with Crippen LogP contribution in [0, 0.1) is 10.1 Å². The first-order chi connectivity index (χ1) is 16.0. The van der Waals surface area contributed by atoms with Crippen LogP contribution in [-0.2, 0) is 4.79 Å². The number of halogens is 1. The maximum Gasteiger partial charge on any atom is 0.270 e. The van der Waals surface area contributed by atoms with Crippen LogP contribution in [0.25, 0.3) is 22.5 Å². The van der Waals surface area contributed by atoms with Crippen LogP contribution in [0.3, 0.4) is 0 Å². The molecular weight excluding hydrogens is 486 g/mol. The summed E-state index contributed by atoms with van der Waals surface area (Å²) in [6.07, 6.45) is 3.43. The highest BCUT2D eigenvalue weighted by Crippen LogP contribution is 2.39. The Labute approximate surface area is 196 Å². The molecule has 5 rings (SSSR count). The number of H-pyrrole nitrogens is 1. The Balaban J connectivity index is 1.62. The molecule has 3 N–H and O–H groups in total. The number of nitrogens with zero attached hydrogens (tertiary/aromatic N) is 2. The van der Waals surface area contributed by atoms with Crippen molar-refractivity contribution >= 4 is 50.2 Å². The molecule has 33 heavy (non-hydrogen) atoms. The maximum atomic E-state index is 13.0. The fraction of sp³-hybridized carbons (Fsp3) is 0. The molecule has 0 radical (unpaired) electrons. The van der Waals surface area contributed by atoms with Crippen LogP contribution in [-0.4, -0.2) is 20.8 Å². The minimum atomic E-state index is -0.471. The van der Waals surface area contributed by atoms with Crippen molar-refractivity contribution in [3.63, 3.8) is 0 Å². The molecule has 2 heterocycles. The summed E-state index contributed by atoms with van der Waals surface area (Å²) in [5.41, 5.74) is 5.10. The average Bonchev–Trinajstić information content (AvgIpc) is 3.46. The van der Waals surface area contributed by atoms with Crippen molar-refractivity contribution in [1.82, 2.24) is 9.97 Å². The van der Waals surface area contributed by atoms with Gasteiger partial charge in [-0.05, 0) is 35.9 Å². The molecule has 8 nitrogen and oxygen atoms in total. The number of rotatable bonds is 5. The molecule has 0 bridgehead atoms. The predicted molar refractivity (Wildman–Crippen MR) is 130 cm³/mol. The summed E-state index contributed by atoms with van der Waals surface area (Å²) in [4.78, 5) is 31.1. The summed E-state index contributed by atoms with van der Waals surface area (Å²) in [5, 5.41) is 17.5. The highest BCUT2D eigenvalue weighted by Gasteiger charge is 2.30. The molecule has 0 spiro atoms. The highest BCUT2D eigenvalue weighted by atomic mass is 79.9. The van der Waals surface area contributed by atoms with Gasteiger partial charge in [0.15, 0.2) is 0 Å². The molecule has 0 saturated carbocycles. The number of carbonyl (C=O) groups is 1. The average molecular weight is 502 g/mol. The summed E-state index contributed by atoms with van der Waals surface area (Å²) < 4.78 is 0.894. The zero-order valence-electron chi connectivity index (χ0n) is 17.0. The maximum absolute atomic E-state index is 13.0. The summed E-state index contributed by atoms with van der Waals surface area (Å²) in [5.74, 6) is -0.330. The van der Waals surface area contributed by atoms with E-state index in [1.54, 1.807) is 12.4 Å². The number of aromatic amines is 1. The molecule has 4 aromatic rings. The number of nitro groups is 1. The van der Waals surface area contributed by atoms with Crippen LogP contribution in [0.2, 0.25) is 0 Å². The van der Waals surface area contributed by atoms with Gasteiger partial charge in [-0.25, -0.2) is 4.98 Å². The lowest BCUT2D eigenvalue weighted by atomic mass is 9.99. The molecule has 1 aliphatic heterocycles. The van der Waals surface area contributed by atoms with E-state index in [1.807, 2.05) is 54.7 Å². The van der Waals surface area contributed by atoms with E-state index < -0.39 is 4.92 Å². The van der Waals surface area contributed by atoms with Crippen LogP contribution in [0.5, 0.6) is 0 Å². The monoisotopic (exact) mass is 501 g/mol. The summed E-state index contributed by atoms with van der Waals surface area (Å²) >= 11 is 3.44. The van der Waals surface area contributed by atoms with E-state index in [0.717, 1.165) is 27.0 Å². The molecule has 162 valence electrons. The molecule has 1 aromatic heterocycles. The van der Waals surface area contributed by atoms with Crippen molar-refractivity contribution < 1.29 is 9.72 Å². The van der Waals surface area contributed by atoms with Crippen molar-refractivity contribution in [2.24, 2.45) is 0 Å². The number of aromatic nitrogens is 2. The molecule has 1 amide bonds. The lowest BCUT2D eigenvalue weighted by Gasteiger charge is -2.15. The lowest BCUT2D eigenvalue weighted by Crippen LogP contribution is -2.10. The highest BCUT2D eigenvalue weighted by molar-refractivity contribution is 9.10. The molecule has 9 heteroatoms. The van der Waals surface area contributed by atoms with E-state index in [2.05, 4.69) is 36.5 Å². The van der Waals surface area contributed by atoms with Crippen molar-refractivity contribution in [1.29, 1.82) is 0 Å². The van der Waals surface area contributed by atoms with Gasteiger partial charge in [0.1, 0.15) is 0 Å². The van der Waals surface area contributed by atoms with Gasteiger partial charge < -0.3 is 15.6 Å². The normalized spacial score (nSPS) is 13.9. The third-order valence-corrected chi connectivity index (χ3v) is 5.82.